The van der Waals surface area contributed by atoms with Crippen molar-refractivity contribution in [3.8, 4) is 11.5 Å². The highest BCUT2D eigenvalue weighted by Crippen LogP contribution is 2.30. The number of nitrogens with one attached hydrogen (secondary N) is 1. The Hall–Kier alpha value is -4.90. The molecule has 4 heterocycles. The van der Waals surface area contributed by atoms with E-state index in [0.717, 1.165) is 5.56 Å². The summed E-state index contributed by atoms with van der Waals surface area (Å²) in [6.07, 6.45) is 1.58. The van der Waals surface area contributed by atoms with Crippen molar-refractivity contribution < 1.29 is 18.4 Å². The van der Waals surface area contributed by atoms with Crippen LogP contribution in [-0.2, 0) is 4.79 Å². The van der Waals surface area contributed by atoms with Crippen molar-refractivity contribution in [2.75, 3.05) is 31.5 Å². The fraction of sp³-hybridized carbons (Fsp3) is 0.241. The zero-order chi connectivity index (χ0) is 27.6. The predicted molar refractivity (Wildman–Crippen MR) is 146 cm³/mol. The number of fused-ring (bicyclic) bond motifs is 1. The van der Waals surface area contributed by atoms with Crippen LogP contribution in [0.5, 0.6) is 0 Å². The van der Waals surface area contributed by atoms with E-state index in [9.17, 15) is 9.59 Å². The highest BCUT2D eigenvalue weighted by atomic mass is 16.4. The van der Waals surface area contributed by atoms with E-state index in [0.29, 0.717) is 71.9 Å². The quantitative estimate of drug-likeness (QED) is 0.340. The van der Waals surface area contributed by atoms with Crippen molar-refractivity contribution in [3.05, 3.63) is 89.9 Å². The summed E-state index contributed by atoms with van der Waals surface area (Å²) in [5.74, 6) is 1.11. The number of aromatic nitrogens is 4. The van der Waals surface area contributed by atoms with Gasteiger partial charge in [0.2, 0.25) is 23.6 Å². The lowest BCUT2D eigenvalue weighted by Crippen LogP contribution is -2.50. The molecule has 2 aromatic carbocycles. The van der Waals surface area contributed by atoms with E-state index >= 15 is 0 Å². The molecule has 5 aromatic rings. The number of carbonyl (C=O) groups is 2. The third kappa shape index (κ3) is 5.19. The van der Waals surface area contributed by atoms with Gasteiger partial charge in [-0.3, -0.25) is 19.5 Å². The Morgan fingerprint density at radius 1 is 0.950 bits per heavy atom. The van der Waals surface area contributed by atoms with Gasteiger partial charge in [-0.1, -0.05) is 30.3 Å². The van der Waals surface area contributed by atoms with Crippen LogP contribution in [-0.4, -0.2) is 68.0 Å². The minimum absolute atomic E-state index is 0.157. The molecule has 1 N–H and O–H groups in total. The molecule has 6 rings (SSSR count). The molecule has 0 saturated carbocycles. The Morgan fingerprint density at radius 3 is 2.48 bits per heavy atom. The number of piperazine rings is 1. The molecule has 1 saturated heterocycles. The number of anilines is 1. The fourth-order valence-electron chi connectivity index (χ4n) is 4.92. The van der Waals surface area contributed by atoms with Gasteiger partial charge in [0.1, 0.15) is 17.3 Å². The second-order valence-electron chi connectivity index (χ2n) is 9.61. The van der Waals surface area contributed by atoms with E-state index in [1.54, 1.807) is 48.4 Å². The van der Waals surface area contributed by atoms with E-state index in [-0.39, 0.29) is 17.9 Å². The van der Waals surface area contributed by atoms with E-state index in [1.165, 1.54) is 6.92 Å². The van der Waals surface area contributed by atoms with Crippen LogP contribution >= 0.6 is 0 Å². The molecule has 11 heteroatoms. The lowest BCUT2D eigenvalue weighted by molar-refractivity contribution is -0.114. The number of amides is 2. The molecular formula is C29H27N7O4. The number of carbonyl (C=O) groups excluding carboxylic acids is 2. The maximum absolute atomic E-state index is 13.4. The van der Waals surface area contributed by atoms with Crippen molar-refractivity contribution in [3.63, 3.8) is 0 Å². The van der Waals surface area contributed by atoms with Gasteiger partial charge in [-0.25, -0.2) is 4.98 Å². The zero-order valence-electron chi connectivity index (χ0n) is 22.1. The third-order valence-electron chi connectivity index (χ3n) is 6.79. The largest absolute Gasteiger partial charge is 0.436 e. The van der Waals surface area contributed by atoms with Crippen LogP contribution in [0.2, 0.25) is 0 Å². The highest BCUT2D eigenvalue weighted by Gasteiger charge is 2.32. The summed E-state index contributed by atoms with van der Waals surface area (Å²) < 4.78 is 11.7. The minimum atomic E-state index is -0.188. The molecule has 2 amide bonds. The first-order valence-electron chi connectivity index (χ1n) is 13.0. The van der Waals surface area contributed by atoms with Crippen LogP contribution in [0.1, 0.15) is 40.8 Å². The van der Waals surface area contributed by atoms with Gasteiger partial charge >= 0.3 is 0 Å². The van der Waals surface area contributed by atoms with Crippen molar-refractivity contribution in [2.24, 2.45) is 0 Å². The topological polar surface area (TPSA) is 130 Å². The summed E-state index contributed by atoms with van der Waals surface area (Å²) >= 11 is 0. The second kappa shape index (κ2) is 10.7. The molecule has 1 atom stereocenters. The zero-order valence-corrected chi connectivity index (χ0v) is 22.1. The molecule has 0 spiro atoms. The number of rotatable bonds is 6. The lowest BCUT2D eigenvalue weighted by atomic mass is 10.0. The third-order valence-corrected chi connectivity index (χ3v) is 6.79. The smallest absolute Gasteiger partial charge is 0.272 e. The van der Waals surface area contributed by atoms with E-state index in [2.05, 4.69) is 30.4 Å². The molecule has 0 unspecified atom stereocenters. The summed E-state index contributed by atoms with van der Waals surface area (Å²) in [7, 11) is 0. The van der Waals surface area contributed by atoms with Crippen LogP contribution in [0.3, 0.4) is 0 Å². The van der Waals surface area contributed by atoms with Gasteiger partial charge in [-0.05, 0) is 35.9 Å². The number of nitrogens with zero attached hydrogens (tertiary/aromatic N) is 6. The molecule has 3 aromatic heterocycles. The summed E-state index contributed by atoms with van der Waals surface area (Å²) in [6, 6.07) is 18.6. The van der Waals surface area contributed by atoms with E-state index in [1.807, 2.05) is 30.3 Å². The molecule has 11 nitrogen and oxygen atoms in total. The van der Waals surface area contributed by atoms with Gasteiger partial charge in [0.25, 0.3) is 5.91 Å². The standard InChI is InChI=1S/C29H27N7O4/c1-18(37)31-22-8-9-25-23(17-22)32-27(40-25)21-10-11-30-24(16-21)29(38)36-14-12-35(13-15-36)26(20-6-4-3-5-7-20)28-34-33-19(2)39-28/h3-11,16-17,26H,12-15H2,1-2H3,(H,31,37)/t26-/m1/s1. The Kier molecular flexibility index (Phi) is 6.79. The Labute approximate surface area is 229 Å². The van der Waals surface area contributed by atoms with Crippen LogP contribution in [0.15, 0.2) is 75.7 Å². The van der Waals surface area contributed by atoms with Gasteiger partial charge in [-0.2, -0.15) is 0 Å². The number of benzene rings is 2. The van der Waals surface area contributed by atoms with Crippen LogP contribution in [0.4, 0.5) is 5.69 Å². The fourth-order valence-corrected chi connectivity index (χ4v) is 4.92. The minimum Gasteiger partial charge on any atom is -0.436 e. The number of aryl methyl sites for hydroxylation is 1. The van der Waals surface area contributed by atoms with Gasteiger partial charge in [-0.15, -0.1) is 10.2 Å². The average Bonchev–Trinajstić information content (AvgIpc) is 3.59. The van der Waals surface area contributed by atoms with Gasteiger partial charge in [0, 0.05) is 57.5 Å². The van der Waals surface area contributed by atoms with Crippen molar-refractivity contribution in [1.29, 1.82) is 0 Å². The summed E-state index contributed by atoms with van der Waals surface area (Å²) in [5, 5.41) is 11.1. The molecule has 40 heavy (non-hydrogen) atoms. The first kappa shape index (κ1) is 25.4. The number of oxazole rings is 1. The first-order valence-corrected chi connectivity index (χ1v) is 13.0. The van der Waals surface area contributed by atoms with E-state index < -0.39 is 0 Å². The predicted octanol–water partition coefficient (Wildman–Crippen LogP) is 4.09. The molecule has 202 valence electrons. The maximum Gasteiger partial charge on any atom is 0.272 e. The maximum atomic E-state index is 13.4. The second-order valence-corrected chi connectivity index (χ2v) is 9.61. The van der Waals surface area contributed by atoms with Gasteiger partial charge in [0.15, 0.2) is 5.58 Å². The number of hydrogen-bond donors (Lipinski definition) is 1. The Bertz CT molecular complexity index is 1670. The molecule has 0 bridgehead atoms. The first-order chi connectivity index (χ1) is 19.4. The molecule has 0 radical (unpaired) electrons. The highest BCUT2D eigenvalue weighted by molar-refractivity contribution is 5.94. The number of pyridine rings is 1. The molecule has 1 fully saturated rings. The summed E-state index contributed by atoms with van der Waals surface area (Å²) in [4.78, 5) is 37.8. The summed E-state index contributed by atoms with van der Waals surface area (Å²) in [5.41, 5.74) is 3.83. The van der Waals surface area contributed by atoms with Crippen LogP contribution < -0.4 is 5.32 Å². The van der Waals surface area contributed by atoms with Crippen LogP contribution in [0.25, 0.3) is 22.6 Å². The average molecular weight is 538 g/mol. The van der Waals surface area contributed by atoms with Crippen molar-refractivity contribution in [1.82, 2.24) is 30.0 Å². The normalized spacial score (nSPS) is 14.8. The molecule has 1 aliphatic rings. The van der Waals surface area contributed by atoms with Gasteiger partial charge < -0.3 is 19.1 Å². The number of hydrogen-bond acceptors (Lipinski definition) is 9. The van der Waals surface area contributed by atoms with E-state index in [4.69, 9.17) is 8.83 Å². The SMILES string of the molecule is CC(=O)Nc1ccc2oc(-c3ccnc(C(=O)N4CCN([C@H](c5ccccc5)c5nnc(C)o5)CC4)c3)nc2c1. The molecule has 0 aliphatic carbocycles. The monoisotopic (exact) mass is 537 g/mol. The van der Waals surface area contributed by atoms with Crippen molar-refractivity contribution in [2.45, 2.75) is 19.9 Å². The lowest BCUT2D eigenvalue weighted by Gasteiger charge is -2.38. The Morgan fingerprint density at radius 2 is 1.75 bits per heavy atom. The summed E-state index contributed by atoms with van der Waals surface area (Å²) in [6.45, 7) is 5.54. The molecular weight excluding hydrogens is 510 g/mol. The Balaban J connectivity index is 1.18. The van der Waals surface area contributed by atoms with Crippen LogP contribution in [0, 0.1) is 6.92 Å². The van der Waals surface area contributed by atoms with Crippen molar-refractivity contribution >= 4 is 28.6 Å². The van der Waals surface area contributed by atoms with Gasteiger partial charge in [0.05, 0.1) is 0 Å². The molecule has 1 aliphatic heterocycles.